The maximum atomic E-state index is 9.13. The lowest BCUT2D eigenvalue weighted by Crippen LogP contribution is -2.36. The van der Waals surface area contributed by atoms with Crippen LogP contribution in [0.25, 0.3) is 11.0 Å². The van der Waals surface area contributed by atoms with Gasteiger partial charge in [0.05, 0.1) is 11.2 Å². The smallest absolute Gasteiger partial charge is 0.112 e. The van der Waals surface area contributed by atoms with E-state index in [2.05, 4.69) is 30.8 Å². The van der Waals surface area contributed by atoms with Gasteiger partial charge in [0, 0.05) is 36.6 Å². The lowest BCUT2D eigenvalue weighted by atomic mass is 9.95. The van der Waals surface area contributed by atoms with Crippen molar-refractivity contribution in [1.29, 1.82) is 0 Å². The van der Waals surface area contributed by atoms with Gasteiger partial charge >= 0.3 is 0 Å². The van der Waals surface area contributed by atoms with Gasteiger partial charge in [-0.2, -0.15) is 0 Å². The molecule has 0 bridgehead atoms. The normalized spacial score (nSPS) is 19.5. The fraction of sp³-hybridized carbons (Fsp3) is 0.467. The van der Waals surface area contributed by atoms with E-state index in [-0.39, 0.29) is 6.61 Å². The van der Waals surface area contributed by atoms with E-state index in [0.29, 0.717) is 5.92 Å². The van der Waals surface area contributed by atoms with Crippen molar-refractivity contribution in [3.05, 3.63) is 29.0 Å². The number of piperidine rings is 1. The Hall–Kier alpha value is -1.20. The van der Waals surface area contributed by atoms with Crippen LogP contribution in [0.1, 0.15) is 19.3 Å². The first-order valence-corrected chi connectivity index (χ1v) is 7.83. The van der Waals surface area contributed by atoms with Crippen LogP contribution >= 0.6 is 15.9 Å². The number of fused-ring (bicyclic) bond motifs is 1. The average Bonchev–Trinajstić information content (AvgIpc) is 2.47. The molecule has 2 aromatic heterocycles. The van der Waals surface area contributed by atoms with Crippen LogP contribution in [0.15, 0.2) is 29.0 Å². The largest absolute Gasteiger partial charge is 0.396 e. The van der Waals surface area contributed by atoms with Crippen molar-refractivity contribution in [2.45, 2.75) is 19.3 Å². The van der Waals surface area contributed by atoms with Crippen molar-refractivity contribution in [2.24, 2.45) is 5.92 Å². The molecule has 0 saturated carbocycles. The minimum Gasteiger partial charge on any atom is -0.396 e. The van der Waals surface area contributed by atoms with Crippen LogP contribution in [0.2, 0.25) is 0 Å². The van der Waals surface area contributed by atoms with Crippen LogP contribution in [0, 0.1) is 5.92 Å². The molecule has 2 aromatic rings. The highest BCUT2D eigenvalue weighted by Crippen LogP contribution is 2.29. The topological polar surface area (TPSA) is 49.2 Å². The SMILES string of the molecule is OCCC1CCCN(c2ccnc3cc(Br)cnc23)C1. The van der Waals surface area contributed by atoms with Gasteiger partial charge in [0.1, 0.15) is 5.52 Å². The van der Waals surface area contributed by atoms with E-state index >= 15 is 0 Å². The maximum Gasteiger partial charge on any atom is 0.112 e. The van der Waals surface area contributed by atoms with Crippen molar-refractivity contribution in [2.75, 3.05) is 24.6 Å². The van der Waals surface area contributed by atoms with Gasteiger partial charge in [-0.15, -0.1) is 0 Å². The van der Waals surface area contributed by atoms with Crippen molar-refractivity contribution >= 4 is 32.7 Å². The first-order chi connectivity index (χ1) is 9.78. The van der Waals surface area contributed by atoms with Gasteiger partial charge in [-0.1, -0.05) is 0 Å². The van der Waals surface area contributed by atoms with E-state index < -0.39 is 0 Å². The number of anilines is 1. The van der Waals surface area contributed by atoms with Gasteiger partial charge in [-0.3, -0.25) is 9.97 Å². The third-order valence-electron chi connectivity index (χ3n) is 3.92. The second-order valence-corrected chi connectivity index (χ2v) is 6.23. The van der Waals surface area contributed by atoms with Crippen molar-refractivity contribution in [1.82, 2.24) is 9.97 Å². The predicted octanol–water partition coefficient (Wildman–Crippen LogP) is 2.99. The number of pyridine rings is 2. The Morgan fingerprint density at radius 3 is 3.15 bits per heavy atom. The molecule has 0 spiro atoms. The number of aliphatic hydroxyl groups is 1. The van der Waals surface area contributed by atoms with Gasteiger partial charge in [-0.25, -0.2) is 0 Å². The monoisotopic (exact) mass is 335 g/mol. The van der Waals surface area contributed by atoms with E-state index in [9.17, 15) is 0 Å². The summed E-state index contributed by atoms with van der Waals surface area (Å²) < 4.78 is 0.950. The molecule has 3 heterocycles. The number of aliphatic hydroxyl groups excluding tert-OH is 1. The molecule has 5 heteroatoms. The van der Waals surface area contributed by atoms with Crippen LogP contribution in [0.4, 0.5) is 5.69 Å². The van der Waals surface area contributed by atoms with Crippen LogP contribution in [-0.2, 0) is 0 Å². The van der Waals surface area contributed by atoms with Crippen molar-refractivity contribution < 1.29 is 5.11 Å². The minimum absolute atomic E-state index is 0.279. The highest BCUT2D eigenvalue weighted by Gasteiger charge is 2.21. The Kier molecular flexibility index (Phi) is 4.17. The van der Waals surface area contributed by atoms with Crippen molar-refractivity contribution in [3.8, 4) is 0 Å². The summed E-state index contributed by atoms with van der Waals surface area (Å²) >= 11 is 3.44. The van der Waals surface area contributed by atoms with Crippen LogP contribution in [-0.4, -0.2) is 34.8 Å². The molecule has 1 N–H and O–H groups in total. The summed E-state index contributed by atoms with van der Waals surface area (Å²) in [5.41, 5.74) is 3.03. The summed E-state index contributed by atoms with van der Waals surface area (Å²) in [5, 5.41) is 9.13. The standard InChI is InChI=1S/C15H18BrN3O/c16-12-8-13-15(18-9-12)14(3-5-17-13)19-6-1-2-11(10-19)4-7-20/h3,5,8-9,11,20H,1-2,4,6-7,10H2. The summed E-state index contributed by atoms with van der Waals surface area (Å²) in [6.07, 6.45) is 6.94. The lowest BCUT2D eigenvalue weighted by Gasteiger charge is -2.34. The van der Waals surface area contributed by atoms with Crippen LogP contribution < -0.4 is 4.90 Å². The van der Waals surface area contributed by atoms with Crippen LogP contribution in [0.5, 0.6) is 0 Å². The van der Waals surface area contributed by atoms with Gasteiger partial charge in [-0.05, 0) is 53.2 Å². The zero-order valence-electron chi connectivity index (χ0n) is 11.3. The predicted molar refractivity (Wildman–Crippen MR) is 83.9 cm³/mol. The molecule has 0 radical (unpaired) electrons. The highest BCUT2D eigenvalue weighted by atomic mass is 79.9. The second-order valence-electron chi connectivity index (χ2n) is 5.32. The average molecular weight is 336 g/mol. The number of hydrogen-bond donors (Lipinski definition) is 1. The molecule has 1 atom stereocenters. The molecule has 1 aliphatic rings. The summed E-state index contributed by atoms with van der Waals surface area (Å²) in [6, 6.07) is 4.05. The number of hydrogen-bond acceptors (Lipinski definition) is 4. The zero-order chi connectivity index (χ0) is 13.9. The number of rotatable bonds is 3. The van der Waals surface area contributed by atoms with E-state index in [0.717, 1.165) is 40.7 Å². The summed E-state index contributed by atoms with van der Waals surface area (Å²) in [6.45, 7) is 2.33. The molecular weight excluding hydrogens is 318 g/mol. The summed E-state index contributed by atoms with van der Waals surface area (Å²) in [7, 11) is 0. The minimum atomic E-state index is 0.279. The molecule has 0 aliphatic carbocycles. The van der Waals surface area contributed by atoms with E-state index in [1.807, 2.05) is 24.5 Å². The fourth-order valence-electron chi connectivity index (χ4n) is 2.95. The molecule has 1 aliphatic heterocycles. The summed E-state index contributed by atoms with van der Waals surface area (Å²) in [4.78, 5) is 11.3. The molecule has 4 nitrogen and oxygen atoms in total. The summed E-state index contributed by atoms with van der Waals surface area (Å²) in [5.74, 6) is 0.576. The van der Waals surface area contributed by atoms with Gasteiger partial charge in [0.25, 0.3) is 0 Å². The Morgan fingerprint density at radius 2 is 2.30 bits per heavy atom. The van der Waals surface area contributed by atoms with Crippen LogP contribution in [0.3, 0.4) is 0 Å². The maximum absolute atomic E-state index is 9.13. The Balaban J connectivity index is 1.93. The highest BCUT2D eigenvalue weighted by molar-refractivity contribution is 9.10. The quantitative estimate of drug-likeness (QED) is 0.936. The molecule has 1 fully saturated rings. The molecule has 0 amide bonds. The van der Waals surface area contributed by atoms with Crippen molar-refractivity contribution in [3.63, 3.8) is 0 Å². The molecule has 0 aromatic carbocycles. The number of halogens is 1. The van der Waals surface area contributed by atoms with E-state index in [4.69, 9.17) is 5.11 Å². The number of nitrogens with zero attached hydrogens (tertiary/aromatic N) is 3. The molecule has 106 valence electrons. The first kappa shape index (κ1) is 13.8. The van der Waals surface area contributed by atoms with Gasteiger partial charge < -0.3 is 10.0 Å². The number of aromatic nitrogens is 2. The molecule has 1 unspecified atom stereocenters. The Morgan fingerprint density at radius 1 is 1.40 bits per heavy atom. The zero-order valence-corrected chi connectivity index (χ0v) is 12.9. The molecular formula is C15H18BrN3O. The Bertz CT molecular complexity index is 603. The first-order valence-electron chi connectivity index (χ1n) is 7.04. The third kappa shape index (κ3) is 2.79. The van der Waals surface area contributed by atoms with E-state index in [1.54, 1.807) is 0 Å². The molecule has 3 rings (SSSR count). The second kappa shape index (κ2) is 6.06. The molecule has 20 heavy (non-hydrogen) atoms. The molecule has 1 saturated heterocycles. The van der Waals surface area contributed by atoms with Gasteiger partial charge in [0.2, 0.25) is 0 Å². The fourth-order valence-corrected chi connectivity index (χ4v) is 3.27. The third-order valence-corrected chi connectivity index (χ3v) is 4.35. The van der Waals surface area contributed by atoms with E-state index in [1.165, 1.54) is 12.8 Å². The Labute approximate surface area is 127 Å². The lowest BCUT2D eigenvalue weighted by molar-refractivity contribution is 0.244. The van der Waals surface area contributed by atoms with Gasteiger partial charge in [0.15, 0.2) is 0 Å².